The van der Waals surface area contributed by atoms with Crippen molar-refractivity contribution in [2.24, 2.45) is 0 Å². The van der Waals surface area contributed by atoms with Crippen molar-refractivity contribution < 1.29 is 23.8 Å². The zero-order valence-electron chi connectivity index (χ0n) is 11.4. The maximum atomic E-state index is 11.8. The zero-order valence-corrected chi connectivity index (χ0v) is 13.1. The lowest BCUT2D eigenvalue weighted by Gasteiger charge is -2.30. The average molecular weight is 361 g/mol. The Labute approximate surface area is 133 Å². The van der Waals surface area contributed by atoms with E-state index in [4.69, 9.17) is 31.3 Å². The third-order valence-corrected chi connectivity index (χ3v) is 5.25. The minimum atomic E-state index is -3.38. The van der Waals surface area contributed by atoms with E-state index < -0.39 is 36.8 Å². The lowest BCUT2D eigenvalue weighted by molar-refractivity contribution is -0.0593. The summed E-state index contributed by atoms with van der Waals surface area (Å²) in [5.74, 6) is -0.0837. The molecule has 23 heavy (non-hydrogen) atoms. The van der Waals surface area contributed by atoms with Gasteiger partial charge in [0.15, 0.2) is 17.4 Å². The van der Waals surface area contributed by atoms with E-state index in [1.54, 1.807) is 0 Å². The van der Waals surface area contributed by atoms with Gasteiger partial charge < -0.3 is 25.0 Å². The predicted octanol–water partition coefficient (Wildman–Crippen LogP) is -1.41. The Bertz CT molecular complexity index is 884. The van der Waals surface area contributed by atoms with Crippen molar-refractivity contribution in [3.8, 4) is 0 Å². The van der Waals surface area contributed by atoms with Crippen LogP contribution in [0.15, 0.2) is 11.1 Å². The summed E-state index contributed by atoms with van der Waals surface area (Å²) in [5.41, 5.74) is 5.27. The molecule has 2 aliphatic rings. The predicted molar refractivity (Wildman–Crippen MR) is 79.8 cm³/mol. The van der Waals surface area contributed by atoms with Crippen LogP contribution in [-0.4, -0.2) is 54.4 Å². The molecule has 11 nitrogen and oxygen atoms in total. The normalized spacial score (nSPS) is 37.1. The number of nitrogens with two attached hydrogens (primary N) is 1. The summed E-state index contributed by atoms with van der Waals surface area (Å²) >= 11 is 4.78. The van der Waals surface area contributed by atoms with Crippen LogP contribution in [-0.2, 0) is 25.6 Å². The number of fused-ring (bicyclic) bond motifs is 2. The average Bonchev–Trinajstić information content (AvgIpc) is 3.00. The fourth-order valence-electron chi connectivity index (χ4n) is 2.69. The summed E-state index contributed by atoms with van der Waals surface area (Å²) in [6.07, 6.45) is -2.23. The van der Waals surface area contributed by atoms with Crippen LogP contribution in [0.3, 0.4) is 0 Å². The van der Waals surface area contributed by atoms with Crippen LogP contribution in [0.4, 0.5) is 5.95 Å². The van der Waals surface area contributed by atoms with Gasteiger partial charge in [0.1, 0.15) is 18.3 Å². The van der Waals surface area contributed by atoms with E-state index >= 15 is 0 Å². The Morgan fingerprint density at radius 3 is 3.13 bits per heavy atom. The fourth-order valence-corrected chi connectivity index (χ4v) is 4.14. The highest BCUT2D eigenvalue weighted by Gasteiger charge is 2.51. The van der Waals surface area contributed by atoms with E-state index in [0.717, 1.165) is 0 Å². The topological polar surface area (TPSA) is 158 Å². The van der Waals surface area contributed by atoms with Gasteiger partial charge in [-0.1, -0.05) is 0 Å². The van der Waals surface area contributed by atoms with Crippen LogP contribution in [0, 0.1) is 0 Å². The molecule has 5 N–H and O–H groups in total. The van der Waals surface area contributed by atoms with Crippen molar-refractivity contribution in [3.63, 3.8) is 0 Å². The van der Waals surface area contributed by atoms with Crippen LogP contribution in [0.2, 0.25) is 0 Å². The molecular weight excluding hydrogens is 349 g/mol. The number of nitrogen functional groups attached to an aromatic ring is 1. The van der Waals surface area contributed by atoms with Gasteiger partial charge in [0.2, 0.25) is 5.95 Å². The van der Waals surface area contributed by atoms with E-state index in [2.05, 4.69) is 15.0 Å². The van der Waals surface area contributed by atoms with Crippen molar-refractivity contribution >= 4 is 35.6 Å². The summed E-state index contributed by atoms with van der Waals surface area (Å²) < 4.78 is 17.3. The van der Waals surface area contributed by atoms with Crippen molar-refractivity contribution in [2.45, 2.75) is 24.5 Å². The monoisotopic (exact) mass is 361 g/mol. The van der Waals surface area contributed by atoms with Gasteiger partial charge in [-0.05, 0) is 11.8 Å². The number of imidazole rings is 1. The molecule has 0 amide bonds. The molecule has 1 unspecified atom stereocenters. The minimum absolute atomic E-state index is 0.00517. The van der Waals surface area contributed by atoms with E-state index in [0.29, 0.717) is 0 Å². The fraction of sp³-hybridized carbons (Fsp3) is 0.500. The standard InChI is InChI=1S/C10H12N5O6PS/c11-10-13-7-4(8(17)14-10)12-2-15(7)9-5(16)6-3(20-9)1-19-22(18,23)21-6/h2-3,5-6,9,16H,1H2,(H,18,23)(H3,11,13,14,17)/t3-,5-,6-,9-,22?/m1/s1. The Balaban J connectivity index is 1.75. The Hall–Kier alpha value is -1.40. The highest BCUT2D eigenvalue weighted by molar-refractivity contribution is 8.07. The molecule has 0 bridgehead atoms. The number of anilines is 1. The first-order valence-corrected chi connectivity index (χ1v) is 9.16. The number of aromatic nitrogens is 4. The van der Waals surface area contributed by atoms with Gasteiger partial charge in [0.05, 0.1) is 12.9 Å². The van der Waals surface area contributed by atoms with E-state index in [9.17, 15) is 14.8 Å². The molecule has 0 radical (unpaired) electrons. The first kappa shape index (κ1) is 15.1. The number of aliphatic hydroxyl groups is 1. The van der Waals surface area contributed by atoms with E-state index in [-0.39, 0.29) is 23.7 Å². The molecule has 2 saturated heterocycles. The molecule has 4 heterocycles. The molecule has 5 atom stereocenters. The second-order valence-electron chi connectivity index (χ2n) is 5.17. The lowest BCUT2D eigenvalue weighted by Crippen LogP contribution is -2.39. The molecule has 124 valence electrons. The van der Waals surface area contributed by atoms with Crippen LogP contribution in [0.25, 0.3) is 11.2 Å². The third kappa shape index (κ3) is 2.39. The van der Waals surface area contributed by atoms with Gasteiger partial charge in [-0.2, -0.15) is 4.98 Å². The van der Waals surface area contributed by atoms with Gasteiger partial charge in [0, 0.05) is 0 Å². The number of H-pyrrole nitrogens is 1. The smallest absolute Gasteiger partial charge is 0.325 e. The van der Waals surface area contributed by atoms with Crippen LogP contribution < -0.4 is 11.3 Å². The number of aliphatic hydroxyl groups excluding tert-OH is 1. The number of rotatable bonds is 1. The van der Waals surface area contributed by atoms with E-state index in [1.807, 2.05) is 0 Å². The van der Waals surface area contributed by atoms with E-state index in [1.165, 1.54) is 10.9 Å². The lowest BCUT2D eigenvalue weighted by atomic mass is 10.1. The molecule has 4 rings (SSSR count). The molecule has 0 saturated carbocycles. The molecule has 2 aliphatic heterocycles. The highest BCUT2D eigenvalue weighted by atomic mass is 32.5. The van der Waals surface area contributed by atoms with Gasteiger partial charge >= 0.3 is 6.72 Å². The summed E-state index contributed by atoms with van der Waals surface area (Å²) in [6, 6.07) is 0. The summed E-state index contributed by atoms with van der Waals surface area (Å²) in [4.78, 5) is 31.8. The van der Waals surface area contributed by atoms with Crippen molar-refractivity contribution in [3.05, 3.63) is 16.7 Å². The summed E-state index contributed by atoms with van der Waals surface area (Å²) in [6.45, 7) is -3.39. The number of nitrogens with one attached hydrogen (secondary N) is 1. The number of hydrogen-bond acceptors (Lipinski definition) is 9. The number of hydrogen-bond donors (Lipinski definition) is 4. The van der Waals surface area contributed by atoms with Gasteiger partial charge in [-0.15, -0.1) is 0 Å². The molecule has 2 aromatic rings. The molecule has 0 aliphatic carbocycles. The summed E-state index contributed by atoms with van der Waals surface area (Å²) in [7, 11) is 0. The van der Waals surface area contributed by atoms with Gasteiger partial charge in [-0.3, -0.25) is 18.9 Å². The van der Waals surface area contributed by atoms with Crippen molar-refractivity contribution in [2.75, 3.05) is 12.3 Å². The van der Waals surface area contributed by atoms with Crippen molar-refractivity contribution in [1.82, 2.24) is 19.5 Å². The Morgan fingerprint density at radius 1 is 1.57 bits per heavy atom. The molecule has 0 aromatic carbocycles. The first-order chi connectivity index (χ1) is 10.9. The SMILES string of the molecule is Nc1nc2c(ncn2[C@@H]2O[C@@H]3COP(O)(=S)O[C@H]3[C@H]2O)c(=O)[nH]1. The minimum Gasteiger partial charge on any atom is -0.386 e. The largest absolute Gasteiger partial charge is 0.386 e. The summed E-state index contributed by atoms with van der Waals surface area (Å²) in [5, 5.41) is 10.4. The van der Waals surface area contributed by atoms with Crippen LogP contribution >= 0.6 is 6.72 Å². The number of nitrogens with zero attached hydrogens (tertiary/aromatic N) is 3. The third-order valence-electron chi connectivity index (χ3n) is 3.69. The molecule has 13 heteroatoms. The van der Waals surface area contributed by atoms with Crippen LogP contribution in [0.1, 0.15) is 6.23 Å². The maximum absolute atomic E-state index is 11.8. The number of ether oxygens (including phenoxy) is 1. The van der Waals surface area contributed by atoms with Crippen molar-refractivity contribution in [1.29, 1.82) is 0 Å². The Morgan fingerprint density at radius 2 is 2.35 bits per heavy atom. The van der Waals surface area contributed by atoms with Gasteiger partial charge in [0.25, 0.3) is 5.56 Å². The maximum Gasteiger partial charge on any atom is 0.325 e. The van der Waals surface area contributed by atoms with Crippen LogP contribution in [0.5, 0.6) is 0 Å². The molecule has 0 spiro atoms. The zero-order chi connectivity index (χ0) is 16.4. The Kier molecular flexibility index (Phi) is 3.32. The molecule has 2 aromatic heterocycles. The number of aromatic amines is 1. The second-order valence-corrected chi connectivity index (χ2v) is 7.96. The first-order valence-electron chi connectivity index (χ1n) is 6.57. The molecule has 2 fully saturated rings. The van der Waals surface area contributed by atoms with Gasteiger partial charge in [-0.25, -0.2) is 4.98 Å². The second kappa shape index (κ2) is 5.05. The molecular formula is C10H12N5O6PS. The highest BCUT2D eigenvalue weighted by Crippen LogP contribution is 2.52. The quantitative estimate of drug-likeness (QED) is 0.445.